The van der Waals surface area contributed by atoms with Gasteiger partial charge in [-0.05, 0) is 46.3 Å². The lowest BCUT2D eigenvalue weighted by Crippen LogP contribution is -2.07. The lowest BCUT2D eigenvalue weighted by Gasteiger charge is -2.04. The van der Waals surface area contributed by atoms with Crippen LogP contribution in [0, 0.1) is 0 Å². The van der Waals surface area contributed by atoms with Crippen LogP contribution in [0.2, 0.25) is 5.02 Å². The first-order chi connectivity index (χ1) is 9.63. The lowest BCUT2D eigenvalue weighted by atomic mass is 10.2. The number of hydrogen-bond donors (Lipinski definition) is 0. The number of para-hydroxylation sites is 1. The normalized spacial score (nSPS) is 10.7. The van der Waals surface area contributed by atoms with E-state index in [2.05, 4.69) is 15.9 Å². The van der Waals surface area contributed by atoms with E-state index >= 15 is 0 Å². The van der Waals surface area contributed by atoms with Gasteiger partial charge in [0.25, 0.3) is 0 Å². The molecule has 0 unspecified atom stereocenters. The number of fused-ring (bicyclic) bond motifs is 1. The molecule has 0 aliphatic carbocycles. The number of ether oxygens (including phenoxy) is 1. The van der Waals surface area contributed by atoms with Crippen LogP contribution in [0.15, 0.2) is 57.4 Å². The average Bonchev–Trinajstić information content (AvgIpc) is 2.86. The Hall–Kier alpha value is -1.78. The van der Waals surface area contributed by atoms with E-state index in [1.54, 1.807) is 30.3 Å². The molecule has 0 fully saturated rings. The Morgan fingerprint density at radius 1 is 1.15 bits per heavy atom. The van der Waals surface area contributed by atoms with Crippen molar-refractivity contribution in [3.63, 3.8) is 0 Å². The summed E-state index contributed by atoms with van der Waals surface area (Å²) in [7, 11) is 0. The highest BCUT2D eigenvalue weighted by Gasteiger charge is 2.16. The number of furan rings is 1. The van der Waals surface area contributed by atoms with Crippen LogP contribution in [0.4, 0.5) is 0 Å². The number of hydrogen-bond acceptors (Lipinski definition) is 3. The van der Waals surface area contributed by atoms with Crippen molar-refractivity contribution in [2.45, 2.75) is 0 Å². The zero-order chi connectivity index (χ0) is 14.1. The molecule has 0 atom stereocenters. The number of esters is 1. The third-order valence-corrected chi connectivity index (χ3v) is 3.58. The molecular formula is C15H8BrClO3. The topological polar surface area (TPSA) is 39.4 Å². The maximum atomic E-state index is 12.1. The molecule has 0 saturated carbocycles. The largest absolute Gasteiger partial charge is 0.449 e. The maximum absolute atomic E-state index is 12.1. The van der Waals surface area contributed by atoms with Gasteiger partial charge in [-0.1, -0.05) is 29.8 Å². The summed E-state index contributed by atoms with van der Waals surface area (Å²) in [6, 6.07) is 14.0. The first kappa shape index (κ1) is 13.2. The highest BCUT2D eigenvalue weighted by atomic mass is 79.9. The predicted octanol–water partition coefficient (Wildman–Crippen LogP) is 5.07. The number of halogens is 2. The third kappa shape index (κ3) is 2.57. The Bertz CT molecular complexity index is 762. The van der Waals surface area contributed by atoms with E-state index in [-0.39, 0.29) is 5.76 Å². The quantitative estimate of drug-likeness (QED) is 0.478. The molecule has 5 heteroatoms. The molecule has 100 valence electrons. The number of rotatable bonds is 2. The molecule has 2 aromatic carbocycles. The Balaban J connectivity index is 1.89. The molecule has 3 rings (SSSR count). The van der Waals surface area contributed by atoms with Gasteiger partial charge in [0.1, 0.15) is 11.3 Å². The molecule has 1 heterocycles. The van der Waals surface area contributed by atoms with E-state index in [0.29, 0.717) is 20.8 Å². The lowest BCUT2D eigenvalue weighted by molar-refractivity contribution is 0.0702. The summed E-state index contributed by atoms with van der Waals surface area (Å²) >= 11 is 9.13. The summed E-state index contributed by atoms with van der Waals surface area (Å²) in [5.74, 6) is -0.00266. The van der Waals surface area contributed by atoms with Crippen LogP contribution in [-0.2, 0) is 0 Å². The first-order valence-corrected chi connectivity index (χ1v) is 6.96. The Morgan fingerprint density at radius 2 is 1.95 bits per heavy atom. The Morgan fingerprint density at radius 3 is 2.70 bits per heavy atom. The van der Waals surface area contributed by atoms with Crippen molar-refractivity contribution in [1.29, 1.82) is 0 Å². The average molecular weight is 352 g/mol. The standard InChI is InChI=1S/C15H8BrClO3/c16-11-8-10(17)5-6-13(11)20-15(18)14-7-9-3-1-2-4-12(9)19-14/h1-8H. The van der Waals surface area contributed by atoms with Gasteiger partial charge in [-0.25, -0.2) is 4.79 Å². The van der Waals surface area contributed by atoms with E-state index < -0.39 is 5.97 Å². The molecular weight excluding hydrogens is 344 g/mol. The number of benzene rings is 2. The smallest absolute Gasteiger partial charge is 0.379 e. The molecule has 0 aliphatic heterocycles. The molecule has 0 aliphatic rings. The van der Waals surface area contributed by atoms with Gasteiger partial charge in [0.2, 0.25) is 5.76 Å². The minimum Gasteiger partial charge on any atom is -0.449 e. The summed E-state index contributed by atoms with van der Waals surface area (Å²) in [4.78, 5) is 12.1. The van der Waals surface area contributed by atoms with Gasteiger partial charge in [0.15, 0.2) is 0 Å². The highest BCUT2D eigenvalue weighted by molar-refractivity contribution is 9.10. The van der Waals surface area contributed by atoms with Gasteiger partial charge < -0.3 is 9.15 Å². The Kier molecular flexibility index (Phi) is 3.51. The fourth-order valence-electron chi connectivity index (χ4n) is 1.79. The molecule has 3 aromatic rings. The van der Waals surface area contributed by atoms with Crippen molar-refractivity contribution in [3.8, 4) is 5.75 Å². The van der Waals surface area contributed by atoms with Crippen LogP contribution < -0.4 is 4.74 Å². The minimum absolute atomic E-state index is 0.160. The summed E-state index contributed by atoms with van der Waals surface area (Å²) in [6.45, 7) is 0. The van der Waals surface area contributed by atoms with Gasteiger partial charge in [-0.2, -0.15) is 0 Å². The van der Waals surface area contributed by atoms with E-state index in [0.717, 1.165) is 5.39 Å². The van der Waals surface area contributed by atoms with Crippen LogP contribution in [-0.4, -0.2) is 5.97 Å². The predicted molar refractivity (Wildman–Crippen MR) is 80.3 cm³/mol. The van der Waals surface area contributed by atoms with Gasteiger partial charge in [0, 0.05) is 10.4 Å². The van der Waals surface area contributed by atoms with Crippen LogP contribution in [0.3, 0.4) is 0 Å². The van der Waals surface area contributed by atoms with Crippen molar-refractivity contribution in [2.75, 3.05) is 0 Å². The number of carbonyl (C=O) groups is 1. The third-order valence-electron chi connectivity index (χ3n) is 2.72. The highest BCUT2D eigenvalue weighted by Crippen LogP contribution is 2.29. The minimum atomic E-state index is -0.552. The van der Waals surface area contributed by atoms with E-state index in [4.69, 9.17) is 20.8 Å². The van der Waals surface area contributed by atoms with Crippen molar-refractivity contribution in [2.24, 2.45) is 0 Å². The summed E-state index contributed by atoms with van der Waals surface area (Å²) in [6.07, 6.45) is 0. The molecule has 0 spiro atoms. The SMILES string of the molecule is O=C(Oc1ccc(Cl)cc1Br)c1cc2ccccc2o1. The second-order valence-corrected chi connectivity index (χ2v) is 5.40. The zero-order valence-corrected chi connectivity index (χ0v) is 12.4. The van der Waals surface area contributed by atoms with Gasteiger partial charge in [-0.15, -0.1) is 0 Å². The van der Waals surface area contributed by atoms with Crippen LogP contribution >= 0.6 is 27.5 Å². The van der Waals surface area contributed by atoms with Gasteiger partial charge >= 0.3 is 5.97 Å². The second kappa shape index (κ2) is 5.31. The van der Waals surface area contributed by atoms with Crippen molar-refractivity contribution in [1.82, 2.24) is 0 Å². The second-order valence-electron chi connectivity index (χ2n) is 4.11. The molecule has 0 amide bonds. The van der Waals surface area contributed by atoms with Gasteiger partial charge in [-0.3, -0.25) is 0 Å². The van der Waals surface area contributed by atoms with Crippen molar-refractivity contribution in [3.05, 3.63) is 63.8 Å². The molecule has 20 heavy (non-hydrogen) atoms. The first-order valence-electron chi connectivity index (χ1n) is 5.79. The molecule has 0 saturated heterocycles. The van der Waals surface area contributed by atoms with Crippen LogP contribution in [0.1, 0.15) is 10.6 Å². The molecule has 0 N–H and O–H groups in total. The van der Waals surface area contributed by atoms with E-state index in [9.17, 15) is 4.79 Å². The molecule has 0 radical (unpaired) electrons. The number of carbonyl (C=O) groups excluding carboxylic acids is 1. The summed E-state index contributed by atoms with van der Waals surface area (Å²) in [5, 5.41) is 1.41. The van der Waals surface area contributed by atoms with Crippen LogP contribution in [0.5, 0.6) is 5.75 Å². The van der Waals surface area contributed by atoms with Crippen molar-refractivity contribution < 1.29 is 13.9 Å². The van der Waals surface area contributed by atoms with E-state index in [1.807, 2.05) is 18.2 Å². The molecule has 0 bridgehead atoms. The fraction of sp³-hybridized carbons (Fsp3) is 0. The summed E-state index contributed by atoms with van der Waals surface area (Å²) in [5.41, 5.74) is 0.648. The Labute approximate surface area is 128 Å². The van der Waals surface area contributed by atoms with Crippen molar-refractivity contribution >= 4 is 44.5 Å². The van der Waals surface area contributed by atoms with E-state index in [1.165, 1.54) is 0 Å². The van der Waals surface area contributed by atoms with Gasteiger partial charge in [0.05, 0.1) is 4.47 Å². The maximum Gasteiger partial charge on any atom is 0.379 e. The van der Waals surface area contributed by atoms with Crippen LogP contribution in [0.25, 0.3) is 11.0 Å². The zero-order valence-electron chi connectivity index (χ0n) is 10.1. The molecule has 1 aromatic heterocycles. The fourth-order valence-corrected chi connectivity index (χ4v) is 2.55. The monoisotopic (exact) mass is 350 g/mol. The summed E-state index contributed by atoms with van der Waals surface area (Å²) < 4.78 is 11.3. The molecule has 3 nitrogen and oxygen atoms in total.